The summed E-state index contributed by atoms with van der Waals surface area (Å²) >= 11 is 0. The second kappa shape index (κ2) is 3.55. The second-order valence-electron chi connectivity index (χ2n) is 4.16. The number of likely N-dealkylation sites (N-methyl/N-ethyl adjacent to an activating group) is 1. The van der Waals surface area contributed by atoms with Crippen LogP contribution in [0.25, 0.3) is 0 Å². The van der Waals surface area contributed by atoms with E-state index in [1.54, 1.807) is 0 Å². The maximum Gasteiger partial charge on any atom is 0.0283 e. The molecule has 0 radical (unpaired) electrons. The molecule has 0 unspecified atom stereocenters. The van der Waals surface area contributed by atoms with Crippen LogP contribution in [0.4, 0.5) is 0 Å². The van der Waals surface area contributed by atoms with E-state index in [1.807, 2.05) is 0 Å². The molecule has 0 amide bonds. The highest BCUT2D eigenvalue weighted by Gasteiger charge is 2.27. The Hall–Kier alpha value is -0.0800. The molecule has 2 N–H and O–H groups in total. The summed E-state index contributed by atoms with van der Waals surface area (Å²) in [4.78, 5) is 2.20. The first kappa shape index (κ1) is 9.01. The number of nitrogens with two attached hydrogens (primary N) is 1. The van der Waals surface area contributed by atoms with Crippen LogP contribution in [0.2, 0.25) is 0 Å². The summed E-state index contributed by atoms with van der Waals surface area (Å²) in [6, 6.07) is 0. The average molecular weight is 156 g/mol. The molecule has 0 aromatic carbocycles. The molecule has 0 bridgehead atoms. The molecule has 2 nitrogen and oxygen atoms in total. The minimum absolute atomic E-state index is 0.127. The van der Waals surface area contributed by atoms with Crippen LogP contribution in [0, 0.1) is 0 Å². The van der Waals surface area contributed by atoms with Crippen LogP contribution in [0.15, 0.2) is 0 Å². The van der Waals surface area contributed by atoms with E-state index in [4.69, 9.17) is 5.73 Å². The van der Waals surface area contributed by atoms with Crippen LogP contribution in [0.3, 0.4) is 0 Å². The van der Waals surface area contributed by atoms with Crippen molar-refractivity contribution in [3.8, 4) is 0 Å². The van der Waals surface area contributed by atoms with Gasteiger partial charge in [0.15, 0.2) is 0 Å². The fourth-order valence-electron chi connectivity index (χ4n) is 2.04. The van der Waals surface area contributed by atoms with E-state index in [1.165, 1.54) is 32.1 Å². The van der Waals surface area contributed by atoms with Crippen molar-refractivity contribution in [2.24, 2.45) is 5.73 Å². The van der Waals surface area contributed by atoms with Gasteiger partial charge in [-0.3, -0.25) is 0 Å². The Morgan fingerprint density at radius 2 is 1.73 bits per heavy atom. The molecule has 0 heterocycles. The van der Waals surface area contributed by atoms with E-state index < -0.39 is 0 Å². The summed E-state index contributed by atoms with van der Waals surface area (Å²) in [6.45, 7) is 1.05. The number of hydrogen-bond donors (Lipinski definition) is 1. The van der Waals surface area contributed by atoms with Crippen LogP contribution >= 0.6 is 0 Å². The predicted octanol–water partition coefficient (Wildman–Crippen LogP) is 1.21. The summed E-state index contributed by atoms with van der Waals surface area (Å²) in [7, 11) is 4.20. The third-order valence-electron chi connectivity index (χ3n) is 2.48. The van der Waals surface area contributed by atoms with Crippen LogP contribution in [-0.2, 0) is 0 Å². The van der Waals surface area contributed by atoms with Crippen LogP contribution in [0.5, 0.6) is 0 Å². The van der Waals surface area contributed by atoms with Crippen LogP contribution < -0.4 is 5.73 Å². The molecule has 1 saturated carbocycles. The standard InChI is InChI=1S/C9H20N2/c1-11(2)8-9(10)6-4-3-5-7-9/h3-8,10H2,1-2H3. The van der Waals surface area contributed by atoms with Gasteiger partial charge in [-0.1, -0.05) is 19.3 Å². The fourth-order valence-corrected chi connectivity index (χ4v) is 2.04. The zero-order valence-electron chi connectivity index (χ0n) is 7.77. The second-order valence-corrected chi connectivity index (χ2v) is 4.16. The molecule has 11 heavy (non-hydrogen) atoms. The maximum absolute atomic E-state index is 6.22. The molecular formula is C9H20N2. The predicted molar refractivity (Wildman–Crippen MR) is 48.6 cm³/mol. The van der Waals surface area contributed by atoms with Crippen LogP contribution in [0.1, 0.15) is 32.1 Å². The smallest absolute Gasteiger partial charge is 0.0283 e. The van der Waals surface area contributed by atoms with Gasteiger partial charge in [0.2, 0.25) is 0 Å². The summed E-state index contributed by atoms with van der Waals surface area (Å²) in [5.74, 6) is 0. The lowest BCUT2D eigenvalue weighted by Crippen LogP contribution is -2.49. The van der Waals surface area contributed by atoms with Crippen molar-refractivity contribution in [1.82, 2.24) is 4.90 Å². The van der Waals surface area contributed by atoms with Gasteiger partial charge >= 0.3 is 0 Å². The molecule has 0 saturated heterocycles. The van der Waals surface area contributed by atoms with Crippen molar-refractivity contribution in [2.45, 2.75) is 37.6 Å². The van der Waals surface area contributed by atoms with Crippen molar-refractivity contribution in [3.05, 3.63) is 0 Å². The van der Waals surface area contributed by atoms with E-state index >= 15 is 0 Å². The Morgan fingerprint density at radius 3 is 2.18 bits per heavy atom. The molecule has 0 aromatic heterocycles. The Kier molecular flexibility index (Phi) is 2.90. The third kappa shape index (κ3) is 2.80. The van der Waals surface area contributed by atoms with E-state index in [0.717, 1.165) is 6.54 Å². The van der Waals surface area contributed by atoms with Crippen molar-refractivity contribution < 1.29 is 0 Å². The van der Waals surface area contributed by atoms with Gasteiger partial charge in [-0.2, -0.15) is 0 Å². The van der Waals surface area contributed by atoms with Gasteiger partial charge in [0.25, 0.3) is 0 Å². The van der Waals surface area contributed by atoms with Gasteiger partial charge in [-0.15, -0.1) is 0 Å². The van der Waals surface area contributed by atoms with E-state index in [0.29, 0.717) is 0 Å². The Labute approximate surface area is 69.8 Å². The molecule has 66 valence electrons. The Morgan fingerprint density at radius 1 is 1.18 bits per heavy atom. The Balaban J connectivity index is 2.37. The monoisotopic (exact) mass is 156 g/mol. The molecule has 1 aliphatic carbocycles. The van der Waals surface area contributed by atoms with Crippen molar-refractivity contribution in [3.63, 3.8) is 0 Å². The first-order chi connectivity index (χ1) is 5.12. The van der Waals surface area contributed by atoms with Gasteiger partial charge in [0.05, 0.1) is 0 Å². The third-order valence-corrected chi connectivity index (χ3v) is 2.48. The molecule has 1 fully saturated rings. The highest BCUT2D eigenvalue weighted by Crippen LogP contribution is 2.25. The first-order valence-corrected chi connectivity index (χ1v) is 4.56. The molecular weight excluding hydrogens is 136 g/mol. The van der Waals surface area contributed by atoms with E-state index in [2.05, 4.69) is 19.0 Å². The van der Waals surface area contributed by atoms with Crippen LogP contribution in [-0.4, -0.2) is 31.1 Å². The number of nitrogens with zero attached hydrogens (tertiary/aromatic N) is 1. The zero-order valence-corrected chi connectivity index (χ0v) is 7.77. The number of rotatable bonds is 2. The normalized spacial score (nSPS) is 24.0. The quantitative estimate of drug-likeness (QED) is 0.651. The molecule has 0 spiro atoms. The zero-order chi connectivity index (χ0) is 8.32. The average Bonchev–Trinajstić information content (AvgIpc) is 1.85. The molecule has 0 aliphatic heterocycles. The molecule has 1 rings (SSSR count). The summed E-state index contributed by atoms with van der Waals surface area (Å²) < 4.78 is 0. The lowest BCUT2D eigenvalue weighted by atomic mass is 9.82. The Bertz CT molecular complexity index is 115. The van der Waals surface area contributed by atoms with Gasteiger partial charge in [-0.25, -0.2) is 0 Å². The van der Waals surface area contributed by atoms with Gasteiger partial charge < -0.3 is 10.6 Å². The minimum atomic E-state index is 0.127. The fraction of sp³-hybridized carbons (Fsp3) is 1.00. The molecule has 0 aromatic rings. The van der Waals surface area contributed by atoms with Crippen molar-refractivity contribution in [1.29, 1.82) is 0 Å². The van der Waals surface area contributed by atoms with E-state index in [9.17, 15) is 0 Å². The molecule has 1 aliphatic rings. The van der Waals surface area contributed by atoms with Gasteiger partial charge in [-0.05, 0) is 26.9 Å². The largest absolute Gasteiger partial charge is 0.324 e. The van der Waals surface area contributed by atoms with Gasteiger partial charge in [0, 0.05) is 12.1 Å². The summed E-state index contributed by atoms with van der Waals surface area (Å²) in [5, 5.41) is 0. The van der Waals surface area contributed by atoms with E-state index in [-0.39, 0.29) is 5.54 Å². The van der Waals surface area contributed by atoms with Gasteiger partial charge in [0.1, 0.15) is 0 Å². The molecule has 0 atom stereocenters. The summed E-state index contributed by atoms with van der Waals surface area (Å²) in [5.41, 5.74) is 6.35. The first-order valence-electron chi connectivity index (χ1n) is 4.56. The SMILES string of the molecule is CN(C)CC1(N)CCCCC1. The highest BCUT2D eigenvalue weighted by molar-refractivity contribution is 4.88. The highest BCUT2D eigenvalue weighted by atomic mass is 15.1. The van der Waals surface area contributed by atoms with Crippen molar-refractivity contribution in [2.75, 3.05) is 20.6 Å². The summed E-state index contributed by atoms with van der Waals surface area (Å²) in [6.07, 6.45) is 6.46. The lowest BCUT2D eigenvalue weighted by Gasteiger charge is -2.35. The topological polar surface area (TPSA) is 29.3 Å². The lowest BCUT2D eigenvalue weighted by molar-refractivity contribution is 0.220. The van der Waals surface area contributed by atoms with Crippen molar-refractivity contribution >= 4 is 0 Å². The number of hydrogen-bond acceptors (Lipinski definition) is 2. The maximum atomic E-state index is 6.22. The minimum Gasteiger partial charge on any atom is -0.324 e. The molecule has 2 heteroatoms.